The summed E-state index contributed by atoms with van der Waals surface area (Å²) in [5, 5.41) is 3.69. The van der Waals surface area contributed by atoms with Crippen molar-refractivity contribution in [3.8, 4) is 0 Å². The van der Waals surface area contributed by atoms with Crippen LogP contribution < -0.4 is 5.32 Å². The molecule has 0 spiro atoms. The van der Waals surface area contributed by atoms with E-state index in [-0.39, 0.29) is 0 Å². The van der Waals surface area contributed by atoms with Crippen LogP contribution in [0.1, 0.15) is 42.7 Å². The molecular weight excluding hydrogens is 226 g/mol. The van der Waals surface area contributed by atoms with Crippen LogP contribution in [-0.2, 0) is 6.54 Å². The van der Waals surface area contributed by atoms with Crippen molar-refractivity contribution < 1.29 is 0 Å². The van der Waals surface area contributed by atoms with Crippen LogP contribution in [0.4, 0.5) is 0 Å². The highest BCUT2D eigenvalue weighted by atomic mass is 32.2. The third-order valence-corrected chi connectivity index (χ3v) is 4.89. The van der Waals surface area contributed by atoms with Crippen molar-refractivity contribution in [2.75, 3.05) is 11.5 Å². The summed E-state index contributed by atoms with van der Waals surface area (Å²) in [5.74, 6) is 3.55. The first kappa shape index (κ1) is 11.6. The molecule has 17 heavy (non-hydrogen) atoms. The molecule has 1 aromatic carbocycles. The number of thioether (sulfide) groups is 1. The summed E-state index contributed by atoms with van der Waals surface area (Å²) in [7, 11) is 0. The maximum atomic E-state index is 3.69. The van der Waals surface area contributed by atoms with Crippen LogP contribution >= 0.6 is 11.8 Å². The van der Waals surface area contributed by atoms with Gasteiger partial charge in [0.15, 0.2) is 0 Å². The molecular formula is C15H21NS. The molecule has 0 aromatic heterocycles. The molecule has 0 unspecified atom stereocenters. The first-order valence-corrected chi connectivity index (χ1v) is 7.97. The zero-order valence-electron chi connectivity index (χ0n) is 10.3. The Morgan fingerprint density at radius 2 is 1.71 bits per heavy atom. The smallest absolute Gasteiger partial charge is 0.0208 e. The van der Waals surface area contributed by atoms with Gasteiger partial charge in [-0.1, -0.05) is 24.3 Å². The molecule has 0 amide bonds. The maximum absolute atomic E-state index is 3.69. The molecule has 1 saturated carbocycles. The summed E-state index contributed by atoms with van der Waals surface area (Å²) in [6.45, 7) is 1.04. The van der Waals surface area contributed by atoms with Gasteiger partial charge in [0.25, 0.3) is 0 Å². The second-order valence-corrected chi connectivity index (χ2v) is 6.51. The van der Waals surface area contributed by atoms with Gasteiger partial charge in [-0.15, -0.1) is 0 Å². The number of benzene rings is 1. The standard InChI is InChI=1S/C15H21NS/c1-3-13(14-5-6-14)4-2-12(1)11-16-15-7-9-17-10-8-15/h1-4,14-16H,5-11H2. The van der Waals surface area contributed by atoms with Crippen molar-refractivity contribution in [1.82, 2.24) is 5.32 Å². The molecule has 1 heterocycles. The number of nitrogens with one attached hydrogen (secondary N) is 1. The fourth-order valence-corrected chi connectivity index (χ4v) is 3.59. The normalized spacial score (nSPS) is 21.6. The topological polar surface area (TPSA) is 12.0 Å². The average Bonchev–Trinajstić information content (AvgIpc) is 3.23. The lowest BCUT2D eigenvalue weighted by Gasteiger charge is -2.22. The monoisotopic (exact) mass is 247 g/mol. The van der Waals surface area contributed by atoms with Gasteiger partial charge in [-0.05, 0) is 54.2 Å². The highest BCUT2D eigenvalue weighted by Gasteiger charge is 2.22. The van der Waals surface area contributed by atoms with E-state index < -0.39 is 0 Å². The summed E-state index contributed by atoms with van der Waals surface area (Å²) >= 11 is 2.09. The summed E-state index contributed by atoms with van der Waals surface area (Å²) in [6.07, 6.45) is 5.48. The van der Waals surface area contributed by atoms with Gasteiger partial charge in [-0.25, -0.2) is 0 Å². The SMILES string of the molecule is c1cc(C2CC2)ccc1CNC1CCSCC1. The van der Waals surface area contributed by atoms with E-state index in [0.29, 0.717) is 0 Å². The minimum atomic E-state index is 0.749. The van der Waals surface area contributed by atoms with Crippen LogP contribution in [0.5, 0.6) is 0 Å². The van der Waals surface area contributed by atoms with Gasteiger partial charge in [0.05, 0.1) is 0 Å². The number of hydrogen-bond donors (Lipinski definition) is 1. The first-order chi connectivity index (χ1) is 8.42. The molecule has 0 atom stereocenters. The third kappa shape index (κ3) is 3.26. The Kier molecular flexibility index (Phi) is 3.72. The largest absolute Gasteiger partial charge is 0.310 e. The summed E-state index contributed by atoms with van der Waals surface area (Å²) < 4.78 is 0. The van der Waals surface area contributed by atoms with Gasteiger partial charge in [-0.3, -0.25) is 0 Å². The second-order valence-electron chi connectivity index (χ2n) is 5.28. The average molecular weight is 247 g/mol. The minimum absolute atomic E-state index is 0.749. The molecule has 2 heteroatoms. The molecule has 1 saturated heterocycles. The molecule has 0 bridgehead atoms. The molecule has 1 N–H and O–H groups in total. The Hall–Kier alpha value is -0.470. The number of rotatable bonds is 4. The van der Waals surface area contributed by atoms with E-state index in [0.717, 1.165) is 18.5 Å². The fraction of sp³-hybridized carbons (Fsp3) is 0.600. The van der Waals surface area contributed by atoms with E-state index in [1.54, 1.807) is 5.56 Å². The zero-order valence-corrected chi connectivity index (χ0v) is 11.1. The molecule has 1 nitrogen and oxygen atoms in total. The molecule has 92 valence electrons. The molecule has 1 aliphatic heterocycles. The van der Waals surface area contributed by atoms with Gasteiger partial charge in [0.2, 0.25) is 0 Å². The molecule has 1 aliphatic carbocycles. The highest BCUT2D eigenvalue weighted by molar-refractivity contribution is 7.99. The quantitative estimate of drug-likeness (QED) is 0.873. The fourth-order valence-electron chi connectivity index (χ4n) is 2.49. The van der Waals surface area contributed by atoms with E-state index in [1.165, 1.54) is 42.8 Å². The van der Waals surface area contributed by atoms with Gasteiger partial charge in [-0.2, -0.15) is 11.8 Å². The maximum Gasteiger partial charge on any atom is 0.0208 e. The van der Waals surface area contributed by atoms with Crippen LogP contribution in [0.2, 0.25) is 0 Å². The summed E-state index contributed by atoms with van der Waals surface area (Å²) in [4.78, 5) is 0. The van der Waals surface area contributed by atoms with Crippen LogP contribution in [0, 0.1) is 0 Å². The summed E-state index contributed by atoms with van der Waals surface area (Å²) in [5.41, 5.74) is 2.98. The lowest BCUT2D eigenvalue weighted by atomic mass is 10.1. The highest BCUT2D eigenvalue weighted by Crippen LogP contribution is 2.39. The minimum Gasteiger partial charge on any atom is -0.310 e. The van der Waals surface area contributed by atoms with E-state index >= 15 is 0 Å². The van der Waals surface area contributed by atoms with E-state index in [1.807, 2.05) is 0 Å². The zero-order chi connectivity index (χ0) is 11.5. The van der Waals surface area contributed by atoms with E-state index in [2.05, 4.69) is 41.3 Å². The van der Waals surface area contributed by atoms with Crippen molar-refractivity contribution in [3.63, 3.8) is 0 Å². The van der Waals surface area contributed by atoms with Gasteiger partial charge < -0.3 is 5.32 Å². The van der Waals surface area contributed by atoms with E-state index in [9.17, 15) is 0 Å². The van der Waals surface area contributed by atoms with Crippen LogP contribution in [0.15, 0.2) is 24.3 Å². The van der Waals surface area contributed by atoms with Crippen molar-refractivity contribution in [3.05, 3.63) is 35.4 Å². The predicted octanol–water partition coefficient (Wildman–Crippen LogP) is 3.55. The molecule has 1 aromatic rings. The lowest BCUT2D eigenvalue weighted by molar-refractivity contribution is 0.482. The summed E-state index contributed by atoms with van der Waals surface area (Å²) in [6, 6.07) is 10.0. The molecule has 2 fully saturated rings. The van der Waals surface area contributed by atoms with E-state index in [4.69, 9.17) is 0 Å². The third-order valence-electron chi connectivity index (χ3n) is 3.84. The lowest BCUT2D eigenvalue weighted by Crippen LogP contribution is -2.31. The van der Waals surface area contributed by atoms with Crippen LogP contribution in [0.25, 0.3) is 0 Å². The predicted molar refractivity (Wildman–Crippen MR) is 75.6 cm³/mol. The van der Waals surface area contributed by atoms with Crippen molar-refractivity contribution >= 4 is 11.8 Å². The van der Waals surface area contributed by atoms with Gasteiger partial charge in [0, 0.05) is 12.6 Å². The Morgan fingerprint density at radius 3 is 2.35 bits per heavy atom. The molecule has 3 rings (SSSR count). The van der Waals surface area contributed by atoms with Crippen molar-refractivity contribution in [2.45, 2.75) is 44.2 Å². The van der Waals surface area contributed by atoms with Crippen molar-refractivity contribution in [2.24, 2.45) is 0 Å². The first-order valence-electron chi connectivity index (χ1n) is 6.82. The Balaban J connectivity index is 1.50. The Morgan fingerprint density at radius 1 is 1.00 bits per heavy atom. The Bertz CT molecular complexity index is 350. The molecule has 0 radical (unpaired) electrons. The van der Waals surface area contributed by atoms with Crippen LogP contribution in [-0.4, -0.2) is 17.5 Å². The second kappa shape index (κ2) is 5.45. The number of hydrogen-bond acceptors (Lipinski definition) is 2. The van der Waals surface area contributed by atoms with Crippen LogP contribution in [0.3, 0.4) is 0 Å². The van der Waals surface area contributed by atoms with Gasteiger partial charge in [0.1, 0.15) is 0 Å². The Labute approximate surface area is 108 Å². The molecule has 2 aliphatic rings. The van der Waals surface area contributed by atoms with Crippen molar-refractivity contribution in [1.29, 1.82) is 0 Å². The van der Waals surface area contributed by atoms with Gasteiger partial charge >= 0.3 is 0 Å².